The molecule has 1 aromatic rings. The Morgan fingerprint density at radius 3 is 2.94 bits per heavy atom. The van der Waals surface area contributed by atoms with E-state index >= 15 is 0 Å². The summed E-state index contributed by atoms with van der Waals surface area (Å²) >= 11 is 0. The summed E-state index contributed by atoms with van der Waals surface area (Å²) in [6.45, 7) is 2.94. The van der Waals surface area contributed by atoms with E-state index in [1.165, 1.54) is 6.07 Å². The normalized spacial score (nSPS) is 12.4. The Bertz CT molecular complexity index is 331. The minimum atomic E-state index is -0.395. The van der Waals surface area contributed by atoms with Crippen LogP contribution in [0.2, 0.25) is 0 Å². The topological polar surface area (TPSA) is 58.3 Å². The van der Waals surface area contributed by atoms with Crippen molar-refractivity contribution in [2.75, 3.05) is 24.2 Å². The van der Waals surface area contributed by atoms with Gasteiger partial charge in [0.05, 0.1) is 11.4 Å². The molecule has 0 saturated carbocycles. The number of anilines is 2. The summed E-state index contributed by atoms with van der Waals surface area (Å²) < 4.78 is 13.1. The number of aliphatic hydroxyl groups excluding tert-OH is 1. The molecular formula is C12H19FN2O. The van der Waals surface area contributed by atoms with Gasteiger partial charge in [0.2, 0.25) is 0 Å². The van der Waals surface area contributed by atoms with Crippen molar-refractivity contribution >= 4 is 11.4 Å². The predicted molar refractivity (Wildman–Crippen MR) is 64.8 cm³/mol. The summed E-state index contributed by atoms with van der Waals surface area (Å²) in [5.41, 5.74) is 6.37. The van der Waals surface area contributed by atoms with Gasteiger partial charge in [0.15, 0.2) is 0 Å². The Morgan fingerprint density at radius 1 is 1.50 bits per heavy atom. The molecule has 0 bridgehead atoms. The number of nitrogens with two attached hydrogens (primary N) is 1. The molecule has 16 heavy (non-hydrogen) atoms. The summed E-state index contributed by atoms with van der Waals surface area (Å²) in [5, 5.41) is 11.9. The lowest BCUT2D eigenvalue weighted by Gasteiger charge is -2.11. The molecule has 0 radical (unpaired) electrons. The largest absolute Gasteiger partial charge is 0.396 e. The number of nitrogens with one attached hydrogen (secondary N) is 1. The van der Waals surface area contributed by atoms with Crippen LogP contribution in [0.1, 0.15) is 19.8 Å². The van der Waals surface area contributed by atoms with Crippen LogP contribution in [-0.2, 0) is 0 Å². The average Bonchev–Trinajstić information content (AvgIpc) is 2.29. The molecule has 0 aliphatic carbocycles. The second kappa shape index (κ2) is 6.33. The van der Waals surface area contributed by atoms with Crippen LogP contribution in [0.5, 0.6) is 0 Å². The van der Waals surface area contributed by atoms with Gasteiger partial charge in [-0.1, -0.05) is 13.0 Å². The highest BCUT2D eigenvalue weighted by Crippen LogP contribution is 2.21. The molecule has 0 fully saturated rings. The zero-order chi connectivity index (χ0) is 12.0. The lowest BCUT2D eigenvalue weighted by Crippen LogP contribution is -2.08. The Morgan fingerprint density at radius 2 is 2.25 bits per heavy atom. The molecule has 0 saturated heterocycles. The third-order valence-corrected chi connectivity index (χ3v) is 2.55. The van der Waals surface area contributed by atoms with Gasteiger partial charge in [-0.15, -0.1) is 0 Å². The first-order valence-corrected chi connectivity index (χ1v) is 5.54. The molecule has 0 aliphatic heterocycles. The third-order valence-electron chi connectivity index (χ3n) is 2.55. The van der Waals surface area contributed by atoms with Crippen molar-refractivity contribution in [3.63, 3.8) is 0 Å². The quantitative estimate of drug-likeness (QED) is 0.515. The highest BCUT2D eigenvalue weighted by Gasteiger charge is 2.03. The van der Waals surface area contributed by atoms with Crippen LogP contribution >= 0.6 is 0 Å². The smallest absolute Gasteiger partial charge is 0.148 e. The monoisotopic (exact) mass is 226 g/mol. The summed E-state index contributed by atoms with van der Waals surface area (Å²) in [4.78, 5) is 0. The summed E-state index contributed by atoms with van der Waals surface area (Å²) in [6.07, 6.45) is 1.87. The number of rotatable bonds is 6. The van der Waals surface area contributed by atoms with Gasteiger partial charge < -0.3 is 16.2 Å². The van der Waals surface area contributed by atoms with E-state index in [4.69, 9.17) is 10.8 Å². The van der Waals surface area contributed by atoms with Crippen LogP contribution in [-0.4, -0.2) is 18.3 Å². The number of hydrogen-bond acceptors (Lipinski definition) is 3. The van der Waals surface area contributed by atoms with Gasteiger partial charge >= 0.3 is 0 Å². The minimum Gasteiger partial charge on any atom is -0.396 e. The molecule has 4 heteroatoms. The van der Waals surface area contributed by atoms with E-state index in [0.717, 1.165) is 19.4 Å². The highest BCUT2D eigenvalue weighted by molar-refractivity contribution is 5.66. The van der Waals surface area contributed by atoms with Gasteiger partial charge in [0.1, 0.15) is 5.82 Å². The fraction of sp³-hybridized carbons (Fsp3) is 0.500. The lowest BCUT2D eigenvalue weighted by atomic mass is 10.1. The molecule has 0 amide bonds. The number of benzene rings is 1. The standard InChI is InChI=1S/C12H19FN2O/c1-9(8-16)4-3-7-15-11-6-2-5-10(13)12(11)14/h2,5-6,9,15-16H,3-4,7-8,14H2,1H3. The average molecular weight is 226 g/mol. The molecule has 1 atom stereocenters. The zero-order valence-electron chi connectivity index (χ0n) is 9.54. The molecule has 0 aromatic heterocycles. The maximum atomic E-state index is 13.1. The molecule has 0 aliphatic rings. The number of hydrogen-bond donors (Lipinski definition) is 3. The first-order chi connectivity index (χ1) is 7.65. The fourth-order valence-electron chi connectivity index (χ4n) is 1.46. The molecule has 1 aromatic carbocycles. The molecular weight excluding hydrogens is 207 g/mol. The van der Waals surface area contributed by atoms with Crippen molar-refractivity contribution in [3.8, 4) is 0 Å². The number of halogens is 1. The van der Waals surface area contributed by atoms with Crippen molar-refractivity contribution in [3.05, 3.63) is 24.0 Å². The predicted octanol–water partition coefficient (Wildman–Crippen LogP) is 2.23. The van der Waals surface area contributed by atoms with E-state index in [2.05, 4.69) is 5.32 Å². The maximum Gasteiger partial charge on any atom is 0.148 e. The van der Waals surface area contributed by atoms with Crippen LogP contribution in [0, 0.1) is 11.7 Å². The molecule has 0 spiro atoms. The maximum absolute atomic E-state index is 13.1. The molecule has 90 valence electrons. The summed E-state index contributed by atoms with van der Waals surface area (Å²) in [6, 6.07) is 4.73. The zero-order valence-corrected chi connectivity index (χ0v) is 9.54. The van der Waals surface area contributed by atoms with Crippen molar-refractivity contribution in [2.24, 2.45) is 5.92 Å². The second-order valence-electron chi connectivity index (χ2n) is 4.06. The van der Waals surface area contributed by atoms with Crippen molar-refractivity contribution < 1.29 is 9.50 Å². The summed E-state index contributed by atoms with van der Waals surface area (Å²) in [5.74, 6) is -0.0830. The lowest BCUT2D eigenvalue weighted by molar-refractivity contribution is 0.229. The van der Waals surface area contributed by atoms with E-state index in [1.807, 2.05) is 6.92 Å². The third kappa shape index (κ3) is 3.70. The Labute approximate surface area is 95.5 Å². The fourth-order valence-corrected chi connectivity index (χ4v) is 1.46. The van der Waals surface area contributed by atoms with E-state index in [-0.39, 0.29) is 12.3 Å². The second-order valence-corrected chi connectivity index (χ2v) is 4.06. The van der Waals surface area contributed by atoms with Gasteiger partial charge in [-0.25, -0.2) is 4.39 Å². The van der Waals surface area contributed by atoms with Gasteiger partial charge in [0, 0.05) is 13.2 Å². The molecule has 4 N–H and O–H groups in total. The SMILES string of the molecule is CC(CO)CCCNc1cccc(F)c1N. The Balaban J connectivity index is 2.35. The Hall–Kier alpha value is -1.29. The van der Waals surface area contributed by atoms with Crippen molar-refractivity contribution in [2.45, 2.75) is 19.8 Å². The van der Waals surface area contributed by atoms with Crippen LogP contribution in [0.4, 0.5) is 15.8 Å². The molecule has 3 nitrogen and oxygen atoms in total. The molecule has 1 rings (SSSR count). The molecule has 0 heterocycles. The number of aliphatic hydroxyl groups is 1. The van der Waals surface area contributed by atoms with Crippen molar-refractivity contribution in [1.29, 1.82) is 0 Å². The first-order valence-electron chi connectivity index (χ1n) is 5.54. The van der Waals surface area contributed by atoms with E-state index in [9.17, 15) is 4.39 Å². The molecule has 1 unspecified atom stereocenters. The Kier molecular flexibility index (Phi) is 5.05. The summed E-state index contributed by atoms with van der Waals surface area (Å²) in [7, 11) is 0. The number of para-hydroxylation sites is 1. The van der Waals surface area contributed by atoms with E-state index in [1.54, 1.807) is 12.1 Å². The van der Waals surface area contributed by atoms with Gasteiger partial charge in [0.25, 0.3) is 0 Å². The van der Waals surface area contributed by atoms with E-state index < -0.39 is 5.82 Å². The van der Waals surface area contributed by atoms with Crippen LogP contribution < -0.4 is 11.1 Å². The van der Waals surface area contributed by atoms with Crippen LogP contribution in [0.3, 0.4) is 0 Å². The minimum absolute atomic E-state index is 0.165. The first kappa shape index (κ1) is 12.8. The van der Waals surface area contributed by atoms with Crippen LogP contribution in [0.25, 0.3) is 0 Å². The van der Waals surface area contributed by atoms with Crippen molar-refractivity contribution in [1.82, 2.24) is 0 Å². The van der Waals surface area contributed by atoms with Gasteiger partial charge in [-0.05, 0) is 30.9 Å². The number of nitrogen functional groups attached to an aromatic ring is 1. The highest BCUT2D eigenvalue weighted by atomic mass is 19.1. The van der Waals surface area contributed by atoms with Gasteiger partial charge in [-0.3, -0.25) is 0 Å². The van der Waals surface area contributed by atoms with E-state index in [0.29, 0.717) is 11.6 Å². The van der Waals surface area contributed by atoms with Gasteiger partial charge in [-0.2, -0.15) is 0 Å². The van der Waals surface area contributed by atoms with Crippen LogP contribution in [0.15, 0.2) is 18.2 Å².